The first-order valence-corrected chi connectivity index (χ1v) is 20.2. The van der Waals surface area contributed by atoms with Crippen molar-refractivity contribution in [3.8, 4) is 45.8 Å². The van der Waals surface area contributed by atoms with Crippen LogP contribution in [0, 0.1) is 17.3 Å². The van der Waals surface area contributed by atoms with Gasteiger partial charge in [0.15, 0.2) is 5.43 Å². The van der Waals surface area contributed by atoms with Gasteiger partial charge in [-0.2, -0.15) is 0 Å². The number of allylic oxidation sites excluding steroid dienone is 3. The predicted octanol–water partition coefficient (Wildman–Crippen LogP) is 7.34. The Morgan fingerprint density at radius 1 is 0.831 bits per heavy atom. The number of carbonyl (C=O) groups is 5. The summed E-state index contributed by atoms with van der Waals surface area (Å²) in [6, 6.07) is 16.2. The molecular formula is C48H29Cl2N3O12. The molecule has 0 fully saturated rings. The normalized spacial score (nSPS) is 15.5. The SMILES string of the molecule is Nc1ccc2c(c1)OC1=CC3(C#CC3)C=CC1=C2c1c(Cl)cc(C(=O)NCC(=O)NCc2c(O)ccc3c(-c4ccc(C(=O)O)cc4C(=O)O)c4ccc(=O)cc-4oc23)c(Cl)c1C(=O)O. The molecule has 4 aromatic rings. The van der Waals surface area contributed by atoms with E-state index < -0.39 is 64.2 Å². The summed E-state index contributed by atoms with van der Waals surface area (Å²) < 4.78 is 12.3. The molecule has 2 heterocycles. The second-order valence-corrected chi connectivity index (χ2v) is 16.0. The first-order chi connectivity index (χ1) is 31.0. The number of phenols is 1. The first-order valence-electron chi connectivity index (χ1n) is 19.4. The van der Waals surface area contributed by atoms with Crippen LogP contribution in [0.5, 0.6) is 11.5 Å². The highest BCUT2D eigenvalue weighted by molar-refractivity contribution is 6.40. The van der Waals surface area contributed by atoms with E-state index in [1.165, 1.54) is 42.5 Å². The third kappa shape index (κ3) is 7.26. The van der Waals surface area contributed by atoms with Crippen molar-refractivity contribution in [2.24, 2.45) is 5.41 Å². The largest absolute Gasteiger partial charge is 0.507 e. The van der Waals surface area contributed by atoms with Gasteiger partial charge in [-0.05, 0) is 66.2 Å². The van der Waals surface area contributed by atoms with E-state index >= 15 is 0 Å². The predicted molar refractivity (Wildman–Crippen MR) is 237 cm³/mol. The number of anilines is 1. The number of nitrogens with one attached hydrogen (secondary N) is 2. The van der Waals surface area contributed by atoms with E-state index in [4.69, 9.17) is 38.1 Å². The molecule has 15 nitrogen and oxygen atoms in total. The zero-order valence-corrected chi connectivity index (χ0v) is 34.7. The molecule has 1 spiro atoms. The van der Waals surface area contributed by atoms with Gasteiger partial charge >= 0.3 is 17.9 Å². The van der Waals surface area contributed by atoms with Crippen molar-refractivity contribution in [1.82, 2.24) is 10.6 Å². The van der Waals surface area contributed by atoms with Crippen molar-refractivity contribution in [2.45, 2.75) is 13.0 Å². The highest BCUT2D eigenvalue weighted by Crippen LogP contribution is 2.50. The van der Waals surface area contributed by atoms with Gasteiger partial charge in [-0.1, -0.05) is 53.3 Å². The maximum atomic E-state index is 13.7. The van der Waals surface area contributed by atoms with Gasteiger partial charge < -0.3 is 45.9 Å². The molecule has 3 aliphatic carbocycles. The fourth-order valence-corrected chi connectivity index (χ4v) is 8.68. The van der Waals surface area contributed by atoms with Crippen LogP contribution in [0.25, 0.3) is 39.0 Å². The summed E-state index contributed by atoms with van der Waals surface area (Å²) >= 11 is 13.6. The van der Waals surface area contributed by atoms with Gasteiger partial charge in [0.2, 0.25) is 5.91 Å². The number of nitrogens with two attached hydrogens (primary N) is 1. The molecule has 9 rings (SSSR count). The van der Waals surface area contributed by atoms with Gasteiger partial charge in [0, 0.05) is 63.0 Å². The summed E-state index contributed by atoms with van der Waals surface area (Å²) in [4.78, 5) is 76.6. The fraction of sp³-hybridized carbons (Fsp3) is 0.0833. The van der Waals surface area contributed by atoms with Gasteiger partial charge in [0.05, 0.1) is 56.4 Å². The number of halogens is 2. The minimum atomic E-state index is -1.50. The number of carboxylic acid groups (broad SMARTS) is 3. The van der Waals surface area contributed by atoms with Gasteiger partial charge in [-0.3, -0.25) is 14.4 Å². The second kappa shape index (κ2) is 15.8. The highest BCUT2D eigenvalue weighted by Gasteiger charge is 2.38. The van der Waals surface area contributed by atoms with Crippen LogP contribution in [0.2, 0.25) is 10.0 Å². The van der Waals surface area contributed by atoms with E-state index in [0.717, 1.165) is 12.1 Å². The Bertz CT molecular complexity index is 3390. The van der Waals surface area contributed by atoms with Crippen molar-refractivity contribution < 1.29 is 53.6 Å². The number of aromatic carboxylic acids is 3. The summed E-state index contributed by atoms with van der Waals surface area (Å²) in [7, 11) is 0. The molecule has 1 atom stereocenters. The van der Waals surface area contributed by atoms with E-state index in [1.54, 1.807) is 24.3 Å². The molecule has 17 heteroatoms. The molecule has 0 bridgehead atoms. The minimum Gasteiger partial charge on any atom is -0.507 e. The average molecular weight is 911 g/mol. The number of phenolic OH excluding ortho intramolecular Hbond substituents is 1. The number of carbonyl (C=O) groups excluding carboxylic acids is 2. The van der Waals surface area contributed by atoms with Crippen LogP contribution in [-0.2, 0) is 11.3 Å². The molecule has 5 aliphatic rings. The van der Waals surface area contributed by atoms with Gasteiger partial charge in [0.1, 0.15) is 28.6 Å². The zero-order chi connectivity index (χ0) is 46.1. The number of fused-ring (bicyclic) bond motifs is 4. The van der Waals surface area contributed by atoms with Crippen LogP contribution in [0.15, 0.2) is 112 Å². The smallest absolute Gasteiger partial charge is 0.337 e. The summed E-state index contributed by atoms with van der Waals surface area (Å²) in [6.07, 6.45) is 6.07. The highest BCUT2D eigenvalue weighted by atomic mass is 35.5. The standard InChI is InChI=1S/C48H29Cl2N3O12/c49-32-17-30(42(50)41(47(62)63)40(32)39-26-6-3-22(51)15-34(26)64-36-18-48(11-1-12-48)13-10-27(36)39)44(57)53-20-37(56)52-19-31-33(55)9-8-28-38(25-7-4-23(54)16-35(25)65-43(28)31)24-5-2-21(45(58)59)14-29(24)46(60)61/h2-10,13-18,55H,11,19-20,51H2,(H,52,56)(H,53,57)(H,58,59)(H,60,61)(H,62,63). The van der Waals surface area contributed by atoms with Crippen LogP contribution in [0.4, 0.5) is 5.69 Å². The quantitative estimate of drug-likeness (QED) is 0.0404. The fourth-order valence-electron chi connectivity index (χ4n) is 8.06. The summed E-state index contributed by atoms with van der Waals surface area (Å²) in [5, 5.41) is 45.9. The molecule has 322 valence electrons. The number of carboxylic acids is 3. The molecule has 0 radical (unpaired) electrons. The third-order valence-corrected chi connectivity index (χ3v) is 11.9. The van der Waals surface area contributed by atoms with Crippen LogP contribution in [0.3, 0.4) is 0 Å². The van der Waals surface area contributed by atoms with Crippen LogP contribution in [0.1, 0.15) is 64.5 Å². The number of aromatic hydroxyl groups is 1. The second-order valence-electron chi connectivity index (χ2n) is 15.2. The number of rotatable bonds is 10. The van der Waals surface area contributed by atoms with E-state index in [2.05, 4.69) is 22.5 Å². The number of benzene rings is 5. The lowest BCUT2D eigenvalue weighted by atomic mass is 9.73. The molecular weight excluding hydrogens is 881 g/mol. The van der Waals surface area contributed by atoms with Crippen molar-refractivity contribution in [2.75, 3.05) is 12.3 Å². The van der Waals surface area contributed by atoms with E-state index in [9.17, 15) is 49.2 Å². The van der Waals surface area contributed by atoms with Crippen molar-refractivity contribution >= 4 is 75.2 Å². The Kier molecular flexibility index (Phi) is 10.2. The average Bonchev–Trinajstić information content (AvgIpc) is 3.25. The maximum Gasteiger partial charge on any atom is 0.337 e. The van der Waals surface area contributed by atoms with Crippen molar-refractivity contribution in [3.63, 3.8) is 0 Å². The first kappa shape index (κ1) is 42.0. The molecule has 0 saturated heterocycles. The Hall–Kier alpha value is -8.32. The maximum absolute atomic E-state index is 13.7. The van der Waals surface area contributed by atoms with Crippen LogP contribution < -0.4 is 26.5 Å². The molecule has 2 amide bonds. The van der Waals surface area contributed by atoms with Gasteiger partial charge in [-0.25, -0.2) is 14.4 Å². The Balaban J connectivity index is 1.01. The molecule has 8 N–H and O–H groups in total. The zero-order valence-electron chi connectivity index (χ0n) is 33.2. The van der Waals surface area contributed by atoms with Gasteiger partial charge in [-0.15, -0.1) is 0 Å². The van der Waals surface area contributed by atoms with Gasteiger partial charge in [0.25, 0.3) is 5.91 Å². The molecule has 1 unspecified atom stereocenters. The van der Waals surface area contributed by atoms with E-state index in [1.807, 2.05) is 12.2 Å². The van der Waals surface area contributed by atoms with Crippen LogP contribution >= 0.6 is 23.2 Å². The third-order valence-electron chi connectivity index (χ3n) is 11.2. The Morgan fingerprint density at radius 3 is 2.29 bits per heavy atom. The minimum absolute atomic E-state index is 0.00174. The molecule has 0 aromatic heterocycles. The number of ether oxygens (including phenoxy) is 1. The van der Waals surface area contributed by atoms with Crippen molar-refractivity contribution in [3.05, 3.63) is 162 Å². The summed E-state index contributed by atoms with van der Waals surface area (Å²) in [6.45, 7) is -1.08. The lowest BCUT2D eigenvalue weighted by Gasteiger charge is -2.33. The molecule has 0 saturated carbocycles. The molecule has 4 aromatic carbocycles. The summed E-state index contributed by atoms with van der Waals surface area (Å²) in [5.41, 5.74) is 5.91. The summed E-state index contributed by atoms with van der Waals surface area (Å²) in [5.74, 6) is 0.471. The topological polar surface area (TPSA) is 256 Å². The number of hydrogen-bond donors (Lipinski definition) is 7. The Labute approximate surface area is 376 Å². The van der Waals surface area contributed by atoms with Crippen LogP contribution in [-0.4, -0.2) is 56.7 Å². The Morgan fingerprint density at radius 2 is 1.58 bits per heavy atom. The number of amides is 2. The van der Waals surface area contributed by atoms with E-state index in [-0.39, 0.29) is 66.4 Å². The van der Waals surface area contributed by atoms with E-state index in [0.29, 0.717) is 45.9 Å². The monoisotopic (exact) mass is 909 g/mol. The lowest BCUT2D eigenvalue weighted by molar-refractivity contribution is -0.120. The molecule has 65 heavy (non-hydrogen) atoms. The number of hydrogen-bond acceptors (Lipinski definition) is 10. The number of nitrogen functional groups attached to an aromatic ring is 1. The molecule has 2 aliphatic heterocycles. The lowest BCUT2D eigenvalue weighted by Crippen LogP contribution is -2.37. The van der Waals surface area contributed by atoms with Crippen molar-refractivity contribution in [1.29, 1.82) is 0 Å².